The van der Waals surface area contributed by atoms with Gasteiger partial charge in [-0.2, -0.15) is 0 Å². The highest BCUT2D eigenvalue weighted by Gasteiger charge is 2.16. The lowest BCUT2D eigenvalue weighted by molar-refractivity contribution is 0.0702. The fraction of sp³-hybridized carbons (Fsp3) is 0. The molecule has 2 aromatic rings. The normalized spacial score (nSPS) is 10.4. The predicted molar refractivity (Wildman–Crippen MR) is 59.5 cm³/mol. The van der Waals surface area contributed by atoms with Crippen molar-refractivity contribution in [1.29, 1.82) is 0 Å². The predicted octanol–water partition coefficient (Wildman–Crippen LogP) is 3.30. The number of halogens is 2. The molecule has 3 nitrogen and oxygen atoms in total. The van der Waals surface area contributed by atoms with E-state index < -0.39 is 5.97 Å². The number of carbonyl (C=O) groups is 1. The number of nitrogens with zero attached hydrogens (tertiary/aromatic N) is 1. The van der Waals surface area contributed by atoms with E-state index >= 15 is 0 Å². The van der Waals surface area contributed by atoms with Crippen molar-refractivity contribution < 1.29 is 14.3 Å². The molecule has 0 unspecified atom stereocenters. The Bertz CT molecular complexity index is 538. The first kappa shape index (κ1) is 11.0. The summed E-state index contributed by atoms with van der Waals surface area (Å²) in [6.45, 7) is 0. The summed E-state index contributed by atoms with van der Waals surface area (Å²) in [6.07, 6.45) is 0. The molecule has 6 heteroatoms. The van der Waals surface area contributed by atoms with Gasteiger partial charge in [-0.1, -0.05) is 11.6 Å². The molecule has 82 valence electrons. The van der Waals surface area contributed by atoms with Gasteiger partial charge in [0.15, 0.2) is 10.0 Å². The Morgan fingerprint density at radius 2 is 2.00 bits per heavy atom. The highest BCUT2D eigenvalue weighted by atomic mass is 35.5. The molecule has 2 rings (SSSR count). The summed E-state index contributed by atoms with van der Waals surface area (Å²) in [5, 5.41) is 9.21. The van der Waals surface area contributed by atoms with E-state index in [4.69, 9.17) is 16.7 Å². The summed E-state index contributed by atoms with van der Waals surface area (Å²) in [4.78, 5) is 14.6. The smallest absolute Gasteiger partial charge is 0.349 e. The van der Waals surface area contributed by atoms with Gasteiger partial charge in [0.2, 0.25) is 0 Å². The molecule has 0 atom stereocenters. The van der Waals surface area contributed by atoms with Crippen LogP contribution in [0.25, 0.3) is 10.6 Å². The van der Waals surface area contributed by atoms with Crippen molar-refractivity contribution in [3.05, 3.63) is 40.1 Å². The summed E-state index contributed by atoms with van der Waals surface area (Å²) >= 11 is 6.63. The summed E-state index contributed by atoms with van der Waals surface area (Å²) in [5.74, 6) is -1.47. The van der Waals surface area contributed by atoms with E-state index in [0.717, 1.165) is 11.3 Å². The molecule has 0 spiro atoms. The van der Waals surface area contributed by atoms with E-state index in [1.807, 2.05) is 0 Å². The van der Waals surface area contributed by atoms with Gasteiger partial charge in [-0.15, -0.1) is 11.3 Å². The fourth-order valence-electron chi connectivity index (χ4n) is 1.15. The van der Waals surface area contributed by atoms with E-state index in [0.29, 0.717) is 10.6 Å². The molecule has 0 saturated carbocycles. The van der Waals surface area contributed by atoms with Gasteiger partial charge >= 0.3 is 5.97 Å². The van der Waals surface area contributed by atoms with E-state index in [1.165, 1.54) is 24.3 Å². The molecule has 0 fully saturated rings. The number of carboxylic acids is 1. The van der Waals surface area contributed by atoms with Crippen LogP contribution in [0.1, 0.15) is 9.67 Å². The monoisotopic (exact) mass is 257 g/mol. The first-order valence-corrected chi connectivity index (χ1v) is 5.43. The van der Waals surface area contributed by atoms with Crippen molar-refractivity contribution in [2.24, 2.45) is 0 Å². The minimum atomic E-state index is -1.11. The molecule has 0 amide bonds. The van der Waals surface area contributed by atoms with Crippen LogP contribution in [-0.2, 0) is 0 Å². The summed E-state index contributed by atoms with van der Waals surface area (Å²) in [6, 6.07) is 5.61. The molecular weight excluding hydrogens is 253 g/mol. The zero-order chi connectivity index (χ0) is 11.7. The second kappa shape index (κ2) is 4.19. The van der Waals surface area contributed by atoms with Gasteiger partial charge in [0.25, 0.3) is 0 Å². The SMILES string of the molecule is O=C(O)c1sc(-c2ccc(F)cc2)nc1Cl. The number of hydrogen-bond acceptors (Lipinski definition) is 3. The lowest BCUT2D eigenvalue weighted by atomic mass is 10.2. The lowest BCUT2D eigenvalue weighted by Gasteiger charge is -1.94. The van der Waals surface area contributed by atoms with Gasteiger partial charge in [-0.25, -0.2) is 14.2 Å². The van der Waals surface area contributed by atoms with Crippen LogP contribution in [0, 0.1) is 5.82 Å². The summed E-state index contributed by atoms with van der Waals surface area (Å²) in [5.41, 5.74) is 0.640. The summed E-state index contributed by atoms with van der Waals surface area (Å²) < 4.78 is 12.7. The van der Waals surface area contributed by atoms with Crippen molar-refractivity contribution in [3.63, 3.8) is 0 Å². The maximum absolute atomic E-state index is 12.7. The molecule has 0 radical (unpaired) electrons. The van der Waals surface area contributed by atoms with Crippen molar-refractivity contribution in [2.75, 3.05) is 0 Å². The zero-order valence-electron chi connectivity index (χ0n) is 7.78. The van der Waals surface area contributed by atoms with Crippen LogP contribution in [0.2, 0.25) is 5.15 Å². The second-order valence-corrected chi connectivity index (χ2v) is 4.31. The number of hydrogen-bond donors (Lipinski definition) is 1. The Hall–Kier alpha value is -1.46. The third kappa shape index (κ3) is 2.05. The van der Waals surface area contributed by atoms with Crippen molar-refractivity contribution in [2.45, 2.75) is 0 Å². The van der Waals surface area contributed by atoms with Crippen LogP contribution in [0.3, 0.4) is 0 Å². The number of carboxylic acid groups (broad SMARTS) is 1. The Morgan fingerprint density at radius 1 is 1.38 bits per heavy atom. The number of aromatic carboxylic acids is 1. The molecule has 1 aromatic heterocycles. The standard InChI is InChI=1S/C10H5ClFNO2S/c11-8-7(10(14)15)16-9(13-8)5-1-3-6(12)4-2-5/h1-4H,(H,14,15). The van der Waals surface area contributed by atoms with Crippen LogP contribution in [0.4, 0.5) is 4.39 Å². The number of thiazole rings is 1. The Kier molecular flexibility index (Phi) is 2.89. The fourth-order valence-corrected chi connectivity index (χ4v) is 2.28. The molecule has 0 aliphatic rings. The minimum Gasteiger partial charge on any atom is -0.477 e. The molecule has 1 aromatic carbocycles. The van der Waals surface area contributed by atoms with E-state index in [9.17, 15) is 9.18 Å². The molecule has 0 aliphatic heterocycles. The average Bonchev–Trinajstić information content (AvgIpc) is 2.61. The maximum atomic E-state index is 12.7. The number of benzene rings is 1. The third-order valence-electron chi connectivity index (χ3n) is 1.87. The topological polar surface area (TPSA) is 50.2 Å². The zero-order valence-corrected chi connectivity index (χ0v) is 9.35. The van der Waals surface area contributed by atoms with Gasteiger partial charge in [0.05, 0.1) is 0 Å². The number of rotatable bonds is 2. The van der Waals surface area contributed by atoms with Crippen molar-refractivity contribution in [3.8, 4) is 10.6 Å². The van der Waals surface area contributed by atoms with Gasteiger partial charge in [0.1, 0.15) is 10.8 Å². The second-order valence-electron chi connectivity index (χ2n) is 2.95. The van der Waals surface area contributed by atoms with Gasteiger partial charge in [-0.05, 0) is 24.3 Å². The quantitative estimate of drug-likeness (QED) is 0.898. The molecular formula is C10H5ClFNO2S. The van der Waals surface area contributed by atoms with E-state index in [2.05, 4.69) is 4.98 Å². The van der Waals surface area contributed by atoms with Crippen LogP contribution < -0.4 is 0 Å². The van der Waals surface area contributed by atoms with Crippen LogP contribution in [-0.4, -0.2) is 16.1 Å². The Balaban J connectivity index is 2.45. The van der Waals surface area contributed by atoms with Gasteiger partial charge in [-0.3, -0.25) is 0 Å². The van der Waals surface area contributed by atoms with E-state index in [1.54, 1.807) is 0 Å². The van der Waals surface area contributed by atoms with Crippen LogP contribution in [0.5, 0.6) is 0 Å². The van der Waals surface area contributed by atoms with Gasteiger partial charge < -0.3 is 5.11 Å². The van der Waals surface area contributed by atoms with Crippen LogP contribution in [0.15, 0.2) is 24.3 Å². The molecule has 0 saturated heterocycles. The highest BCUT2D eigenvalue weighted by molar-refractivity contribution is 7.17. The van der Waals surface area contributed by atoms with Gasteiger partial charge in [0, 0.05) is 5.56 Å². The largest absolute Gasteiger partial charge is 0.477 e. The van der Waals surface area contributed by atoms with Crippen LogP contribution >= 0.6 is 22.9 Å². The molecule has 1 N–H and O–H groups in total. The van der Waals surface area contributed by atoms with Crippen molar-refractivity contribution in [1.82, 2.24) is 4.98 Å². The molecule has 16 heavy (non-hydrogen) atoms. The maximum Gasteiger partial charge on any atom is 0.349 e. The number of aromatic nitrogens is 1. The Labute approximate surface area is 99.1 Å². The summed E-state index contributed by atoms with van der Waals surface area (Å²) in [7, 11) is 0. The first-order valence-electron chi connectivity index (χ1n) is 4.23. The third-order valence-corrected chi connectivity index (χ3v) is 3.35. The van der Waals surface area contributed by atoms with Crippen molar-refractivity contribution >= 4 is 28.9 Å². The molecule has 0 bridgehead atoms. The molecule has 1 heterocycles. The lowest BCUT2D eigenvalue weighted by Crippen LogP contribution is -1.91. The minimum absolute atomic E-state index is 0.0130. The average molecular weight is 258 g/mol. The first-order chi connectivity index (χ1) is 7.58. The Morgan fingerprint density at radius 3 is 2.50 bits per heavy atom. The van der Waals surface area contributed by atoms with E-state index in [-0.39, 0.29) is 15.8 Å². The molecule has 0 aliphatic carbocycles. The highest BCUT2D eigenvalue weighted by Crippen LogP contribution is 2.30.